The highest BCUT2D eigenvalue weighted by Gasteiger charge is 2.19. The highest BCUT2D eigenvalue weighted by atomic mass is 16.1. The second kappa shape index (κ2) is 7.36. The Morgan fingerprint density at radius 1 is 1.04 bits per heavy atom. The van der Waals surface area contributed by atoms with Crippen molar-refractivity contribution in [3.8, 4) is 5.69 Å². The van der Waals surface area contributed by atoms with Crippen LogP contribution in [0.2, 0.25) is 0 Å². The maximum absolute atomic E-state index is 12.5. The van der Waals surface area contributed by atoms with Crippen molar-refractivity contribution in [2.45, 2.75) is 25.8 Å². The zero-order valence-electron chi connectivity index (χ0n) is 15.7. The molecule has 0 unspecified atom stereocenters. The van der Waals surface area contributed by atoms with Crippen molar-refractivity contribution in [2.24, 2.45) is 0 Å². The lowest BCUT2D eigenvalue weighted by Gasteiger charge is -2.28. The van der Waals surface area contributed by atoms with E-state index in [0.717, 1.165) is 37.3 Å². The Bertz CT molecular complexity index is 918. The Morgan fingerprint density at radius 2 is 1.78 bits per heavy atom. The molecule has 2 aromatic heterocycles. The number of likely N-dealkylation sites (tertiary alicyclic amines) is 1. The van der Waals surface area contributed by atoms with Gasteiger partial charge in [-0.3, -0.25) is 9.48 Å². The number of rotatable bonds is 4. The van der Waals surface area contributed by atoms with Gasteiger partial charge in [0, 0.05) is 24.0 Å². The van der Waals surface area contributed by atoms with Gasteiger partial charge in [-0.05, 0) is 70.2 Å². The number of aromatic nitrogens is 4. The van der Waals surface area contributed by atoms with E-state index in [0.29, 0.717) is 17.4 Å². The summed E-state index contributed by atoms with van der Waals surface area (Å²) in [6.45, 7) is 4.10. The van der Waals surface area contributed by atoms with E-state index in [-0.39, 0.29) is 5.91 Å². The predicted molar refractivity (Wildman–Crippen MR) is 104 cm³/mol. The van der Waals surface area contributed by atoms with Gasteiger partial charge in [0.25, 0.3) is 5.91 Å². The molecule has 1 fully saturated rings. The molecule has 1 aliphatic rings. The zero-order chi connectivity index (χ0) is 18.8. The Kier molecular flexibility index (Phi) is 4.77. The number of nitrogens with zero attached hydrogens (tertiary/aromatic N) is 5. The largest absolute Gasteiger partial charge is 0.306 e. The monoisotopic (exact) mass is 364 g/mol. The molecule has 1 saturated heterocycles. The van der Waals surface area contributed by atoms with Crippen molar-refractivity contribution < 1.29 is 4.79 Å². The molecule has 3 aromatic rings. The third kappa shape index (κ3) is 3.93. The summed E-state index contributed by atoms with van der Waals surface area (Å²) in [5, 5.41) is 11.8. The van der Waals surface area contributed by atoms with Crippen LogP contribution >= 0.6 is 0 Å². The lowest BCUT2D eigenvalue weighted by molar-refractivity contribution is 0.102. The first-order valence-electron chi connectivity index (χ1n) is 9.26. The molecule has 0 radical (unpaired) electrons. The zero-order valence-corrected chi connectivity index (χ0v) is 15.7. The minimum absolute atomic E-state index is 0.160. The standard InChI is InChI=1S/C20H24N6O/c1-15-7-13-25(22-15)17-5-3-16(4-6-17)20(27)21-19-10-14-26(23-19)18-8-11-24(2)12-9-18/h3-7,10,13-14,18H,8-9,11-12H2,1-2H3,(H,21,23,27). The fraction of sp³-hybridized carbons (Fsp3) is 0.350. The maximum atomic E-state index is 12.5. The van der Waals surface area contributed by atoms with E-state index in [4.69, 9.17) is 0 Å². The summed E-state index contributed by atoms with van der Waals surface area (Å²) in [7, 11) is 2.14. The van der Waals surface area contributed by atoms with Gasteiger partial charge < -0.3 is 10.2 Å². The van der Waals surface area contributed by atoms with Crippen molar-refractivity contribution in [3.05, 3.63) is 60.0 Å². The minimum Gasteiger partial charge on any atom is -0.306 e. The highest BCUT2D eigenvalue weighted by molar-refractivity contribution is 6.03. The van der Waals surface area contributed by atoms with Crippen molar-refractivity contribution >= 4 is 11.7 Å². The molecule has 4 rings (SSSR count). The van der Waals surface area contributed by atoms with Crippen molar-refractivity contribution in [1.29, 1.82) is 0 Å². The number of aryl methyl sites for hydroxylation is 1. The van der Waals surface area contributed by atoms with Crippen molar-refractivity contribution in [1.82, 2.24) is 24.5 Å². The van der Waals surface area contributed by atoms with Crippen LogP contribution in [0.4, 0.5) is 5.82 Å². The maximum Gasteiger partial charge on any atom is 0.256 e. The van der Waals surface area contributed by atoms with E-state index in [2.05, 4.69) is 27.5 Å². The summed E-state index contributed by atoms with van der Waals surface area (Å²) in [6, 6.07) is 11.6. The van der Waals surface area contributed by atoms with Crippen LogP contribution in [0, 0.1) is 6.92 Å². The Labute approximate surface area is 158 Å². The SMILES string of the molecule is Cc1ccn(-c2ccc(C(=O)Nc3ccn(C4CCN(C)CC4)n3)cc2)n1. The number of anilines is 1. The van der Waals surface area contributed by atoms with Gasteiger partial charge in [-0.15, -0.1) is 0 Å². The Hall–Kier alpha value is -2.93. The molecular weight excluding hydrogens is 340 g/mol. The molecule has 3 heterocycles. The van der Waals surface area contributed by atoms with Gasteiger partial charge in [0.2, 0.25) is 0 Å². The van der Waals surface area contributed by atoms with E-state index in [1.165, 1.54) is 0 Å². The van der Waals surface area contributed by atoms with Gasteiger partial charge in [0.1, 0.15) is 0 Å². The van der Waals surface area contributed by atoms with Crippen LogP contribution in [-0.2, 0) is 0 Å². The quantitative estimate of drug-likeness (QED) is 0.773. The number of hydrogen-bond acceptors (Lipinski definition) is 4. The third-order valence-corrected chi connectivity index (χ3v) is 5.03. The van der Waals surface area contributed by atoms with Crippen LogP contribution < -0.4 is 5.32 Å². The van der Waals surface area contributed by atoms with Gasteiger partial charge in [0.15, 0.2) is 5.82 Å². The number of benzene rings is 1. The van der Waals surface area contributed by atoms with E-state index in [1.807, 2.05) is 48.3 Å². The first kappa shape index (κ1) is 17.5. The van der Waals surface area contributed by atoms with E-state index >= 15 is 0 Å². The first-order chi connectivity index (χ1) is 13.1. The summed E-state index contributed by atoms with van der Waals surface area (Å²) in [6.07, 6.45) is 6.02. The lowest BCUT2D eigenvalue weighted by Crippen LogP contribution is -2.31. The molecule has 0 atom stereocenters. The number of hydrogen-bond donors (Lipinski definition) is 1. The number of carbonyl (C=O) groups is 1. The Balaban J connectivity index is 1.40. The van der Waals surface area contributed by atoms with Gasteiger partial charge in [0.05, 0.1) is 17.4 Å². The molecule has 27 heavy (non-hydrogen) atoms. The third-order valence-electron chi connectivity index (χ3n) is 5.03. The average molecular weight is 364 g/mol. The van der Waals surface area contributed by atoms with Crippen molar-refractivity contribution in [3.63, 3.8) is 0 Å². The van der Waals surface area contributed by atoms with Crippen molar-refractivity contribution in [2.75, 3.05) is 25.5 Å². The summed E-state index contributed by atoms with van der Waals surface area (Å²) in [5.74, 6) is 0.428. The molecule has 7 heteroatoms. The minimum atomic E-state index is -0.160. The van der Waals surface area contributed by atoms with Gasteiger partial charge >= 0.3 is 0 Å². The highest BCUT2D eigenvalue weighted by Crippen LogP contribution is 2.22. The van der Waals surface area contributed by atoms with Crippen LogP contribution in [0.3, 0.4) is 0 Å². The smallest absolute Gasteiger partial charge is 0.256 e. The van der Waals surface area contributed by atoms with Crippen LogP contribution in [-0.4, -0.2) is 50.5 Å². The summed E-state index contributed by atoms with van der Waals surface area (Å²) in [4.78, 5) is 14.8. The first-order valence-corrected chi connectivity index (χ1v) is 9.26. The molecule has 1 N–H and O–H groups in total. The molecule has 1 aromatic carbocycles. The molecule has 0 aliphatic carbocycles. The average Bonchev–Trinajstić information content (AvgIpc) is 3.32. The van der Waals surface area contributed by atoms with Crippen LogP contribution in [0.15, 0.2) is 48.8 Å². The van der Waals surface area contributed by atoms with Gasteiger partial charge in [-0.1, -0.05) is 0 Å². The molecule has 7 nitrogen and oxygen atoms in total. The van der Waals surface area contributed by atoms with Crippen LogP contribution in [0.1, 0.15) is 34.9 Å². The molecular formula is C20H24N6O. The Morgan fingerprint density at radius 3 is 2.44 bits per heavy atom. The summed E-state index contributed by atoms with van der Waals surface area (Å²) in [5.41, 5.74) is 2.47. The topological polar surface area (TPSA) is 68.0 Å². The second-order valence-electron chi connectivity index (χ2n) is 7.12. The molecule has 0 bridgehead atoms. The molecule has 1 amide bonds. The van der Waals surface area contributed by atoms with Gasteiger partial charge in [-0.25, -0.2) is 4.68 Å². The number of amides is 1. The molecule has 0 spiro atoms. The lowest BCUT2D eigenvalue weighted by atomic mass is 10.1. The predicted octanol–water partition coefficient (Wildman–Crippen LogP) is 2.90. The second-order valence-corrected chi connectivity index (χ2v) is 7.12. The normalized spacial score (nSPS) is 15.8. The van der Waals surface area contributed by atoms with Crippen LogP contribution in [0.25, 0.3) is 5.69 Å². The summed E-state index contributed by atoms with van der Waals surface area (Å²) < 4.78 is 3.77. The molecule has 0 saturated carbocycles. The fourth-order valence-corrected chi connectivity index (χ4v) is 3.38. The molecule has 140 valence electrons. The van der Waals surface area contributed by atoms with E-state index in [1.54, 1.807) is 16.8 Å². The number of piperidine rings is 1. The molecule has 1 aliphatic heterocycles. The fourth-order valence-electron chi connectivity index (χ4n) is 3.38. The van der Waals surface area contributed by atoms with Crippen LogP contribution in [0.5, 0.6) is 0 Å². The number of nitrogens with one attached hydrogen (secondary N) is 1. The van der Waals surface area contributed by atoms with Gasteiger partial charge in [-0.2, -0.15) is 10.2 Å². The van der Waals surface area contributed by atoms with E-state index in [9.17, 15) is 4.79 Å². The number of carbonyl (C=O) groups excluding carboxylic acids is 1. The van der Waals surface area contributed by atoms with E-state index < -0.39 is 0 Å². The summed E-state index contributed by atoms with van der Waals surface area (Å²) >= 11 is 0.